The minimum Gasteiger partial charge on any atom is -0.330 e. The summed E-state index contributed by atoms with van der Waals surface area (Å²) in [5, 5.41) is -0.0793. The summed E-state index contributed by atoms with van der Waals surface area (Å²) in [7, 11) is -3.48. The maximum Gasteiger partial charge on any atom is 0.182 e. The molecule has 3 nitrogen and oxygen atoms in total. The quantitative estimate of drug-likeness (QED) is 0.931. The average molecular weight is 340 g/mol. The lowest BCUT2D eigenvalue weighted by atomic mass is 10.1. The molecule has 0 radical (unpaired) electrons. The molecule has 116 valence electrons. The summed E-state index contributed by atoms with van der Waals surface area (Å²) in [5.41, 5.74) is 6.53. The van der Waals surface area contributed by atoms with Gasteiger partial charge in [-0.3, -0.25) is 0 Å². The normalized spacial score (nSPS) is 24.2. The van der Waals surface area contributed by atoms with Gasteiger partial charge in [0.25, 0.3) is 0 Å². The largest absolute Gasteiger partial charge is 0.330 e. The molecule has 6 heteroatoms. The van der Waals surface area contributed by atoms with Crippen molar-refractivity contribution in [3.05, 3.63) is 64.9 Å². The van der Waals surface area contributed by atoms with E-state index in [-0.39, 0.29) is 29.1 Å². The molecule has 3 atom stereocenters. The molecule has 0 bridgehead atoms. The van der Waals surface area contributed by atoms with Gasteiger partial charge < -0.3 is 5.73 Å². The zero-order valence-electron chi connectivity index (χ0n) is 11.6. The Balaban J connectivity index is 1.93. The highest BCUT2D eigenvalue weighted by atomic mass is 35.5. The van der Waals surface area contributed by atoms with E-state index >= 15 is 0 Å². The molecule has 0 spiro atoms. The van der Waals surface area contributed by atoms with Gasteiger partial charge in [-0.1, -0.05) is 23.7 Å². The van der Waals surface area contributed by atoms with Crippen molar-refractivity contribution in [1.29, 1.82) is 0 Å². The highest BCUT2D eigenvalue weighted by molar-refractivity contribution is 7.92. The van der Waals surface area contributed by atoms with Crippen molar-refractivity contribution in [3.63, 3.8) is 0 Å². The van der Waals surface area contributed by atoms with Crippen molar-refractivity contribution < 1.29 is 12.8 Å². The Kier molecular flexibility index (Phi) is 3.97. The maximum atomic E-state index is 13.0. The predicted molar refractivity (Wildman–Crippen MR) is 84.1 cm³/mol. The lowest BCUT2D eigenvalue weighted by molar-refractivity contribution is 0.591. The number of rotatable bonds is 4. The Morgan fingerprint density at radius 2 is 1.64 bits per heavy atom. The average Bonchev–Trinajstić information content (AvgIpc) is 3.24. The molecular weight excluding hydrogens is 325 g/mol. The lowest BCUT2D eigenvalue weighted by Crippen LogP contribution is -2.13. The van der Waals surface area contributed by atoms with Crippen LogP contribution in [-0.4, -0.2) is 20.2 Å². The number of benzene rings is 2. The molecule has 22 heavy (non-hydrogen) atoms. The molecule has 2 aromatic rings. The van der Waals surface area contributed by atoms with Crippen LogP contribution in [0.15, 0.2) is 53.4 Å². The first-order valence-electron chi connectivity index (χ1n) is 6.90. The first-order valence-corrected chi connectivity index (χ1v) is 8.82. The van der Waals surface area contributed by atoms with E-state index in [4.69, 9.17) is 17.3 Å². The topological polar surface area (TPSA) is 60.2 Å². The summed E-state index contributed by atoms with van der Waals surface area (Å²) in [6, 6.07) is 12.1. The van der Waals surface area contributed by atoms with Crippen molar-refractivity contribution in [1.82, 2.24) is 0 Å². The fourth-order valence-electron chi connectivity index (χ4n) is 2.95. The molecule has 0 amide bonds. The van der Waals surface area contributed by atoms with E-state index in [0.717, 1.165) is 5.56 Å². The molecule has 1 saturated carbocycles. The Morgan fingerprint density at radius 1 is 1.05 bits per heavy atom. The summed E-state index contributed by atoms with van der Waals surface area (Å²) in [4.78, 5) is 0.241. The molecule has 2 N–H and O–H groups in total. The Morgan fingerprint density at radius 3 is 2.18 bits per heavy atom. The van der Waals surface area contributed by atoms with Gasteiger partial charge in [0.1, 0.15) is 5.82 Å². The van der Waals surface area contributed by atoms with Crippen LogP contribution in [-0.2, 0) is 9.84 Å². The Labute approximate surface area is 133 Å². The molecular formula is C16H15ClFNO2S. The highest BCUT2D eigenvalue weighted by Crippen LogP contribution is 2.53. The predicted octanol–water partition coefficient (Wildman–Crippen LogP) is 2.99. The number of sulfone groups is 1. The van der Waals surface area contributed by atoms with E-state index in [1.807, 2.05) is 0 Å². The van der Waals surface area contributed by atoms with E-state index in [1.165, 1.54) is 24.3 Å². The molecule has 2 aromatic carbocycles. The van der Waals surface area contributed by atoms with Gasteiger partial charge >= 0.3 is 0 Å². The van der Waals surface area contributed by atoms with Crippen molar-refractivity contribution in [2.24, 2.45) is 11.7 Å². The molecule has 3 rings (SSSR count). The third kappa shape index (κ3) is 2.64. The van der Waals surface area contributed by atoms with E-state index in [1.54, 1.807) is 24.3 Å². The third-order valence-electron chi connectivity index (χ3n) is 4.12. The van der Waals surface area contributed by atoms with Gasteiger partial charge in [0.15, 0.2) is 9.84 Å². The third-order valence-corrected chi connectivity index (χ3v) is 6.66. The lowest BCUT2D eigenvalue weighted by Gasteiger charge is -2.04. The fourth-order valence-corrected chi connectivity index (χ4v) is 5.30. The minimum atomic E-state index is -3.48. The smallest absolute Gasteiger partial charge is 0.182 e. The molecule has 0 saturated heterocycles. The van der Waals surface area contributed by atoms with E-state index in [0.29, 0.717) is 5.02 Å². The number of nitrogens with two attached hydrogens (primary N) is 1. The standard InChI is InChI=1S/C16H15ClFNO2S/c17-11-3-7-13(8-4-11)22(20,21)16-14(9-19)15(16)10-1-5-12(18)6-2-10/h1-8,14-16H,9,19H2/t14-,15-,16+/m0/s1. The summed E-state index contributed by atoms with van der Waals surface area (Å²) in [6.45, 7) is 0.277. The van der Waals surface area contributed by atoms with E-state index in [2.05, 4.69) is 0 Å². The molecule has 1 aliphatic carbocycles. The van der Waals surface area contributed by atoms with Crippen LogP contribution < -0.4 is 5.73 Å². The van der Waals surface area contributed by atoms with Gasteiger partial charge in [0.2, 0.25) is 0 Å². The second-order valence-corrected chi connectivity index (χ2v) is 7.98. The van der Waals surface area contributed by atoms with Crippen LogP contribution in [0.5, 0.6) is 0 Å². The molecule has 0 aliphatic heterocycles. The molecule has 1 aliphatic rings. The SMILES string of the molecule is NC[C@H]1[C@H](c2ccc(F)cc2)[C@@H]1S(=O)(=O)c1ccc(Cl)cc1. The van der Waals surface area contributed by atoms with Crippen LogP contribution in [0.4, 0.5) is 4.39 Å². The second-order valence-electron chi connectivity index (χ2n) is 5.44. The van der Waals surface area contributed by atoms with Crippen LogP contribution in [0.2, 0.25) is 5.02 Å². The summed E-state index contributed by atoms with van der Waals surface area (Å²) in [6.07, 6.45) is 0. The first kappa shape index (κ1) is 15.5. The summed E-state index contributed by atoms with van der Waals surface area (Å²) in [5.74, 6) is -0.678. The first-order chi connectivity index (χ1) is 10.4. The minimum absolute atomic E-state index is 0.147. The number of hydrogen-bond donors (Lipinski definition) is 1. The van der Waals surface area contributed by atoms with Crippen LogP contribution >= 0.6 is 11.6 Å². The molecule has 0 unspecified atom stereocenters. The number of hydrogen-bond acceptors (Lipinski definition) is 3. The van der Waals surface area contributed by atoms with Gasteiger partial charge in [-0.15, -0.1) is 0 Å². The molecule has 0 heterocycles. The van der Waals surface area contributed by atoms with Gasteiger partial charge in [-0.2, -0.15) is 0 Å². The van der Waals surface area contributed by atoms with Crippen molar-refractivity contribution in [2.45, 2.75) is 16.1 Å². The van der Waals surface area contributed by atoms with Crippen LogP contribution in [0.25, 0.3) is 0 Å². The monoisotopic (exact) mass is 339 g/mol. The van der Waals surface area contributed by atoms with Crippen molar-refractivity contribution >= 4 is 21.4 Å². The zero-order valence-corrected chi connectivity index (χ0v) is 13.2. The molecule has 1 fully saturated rings. The Hall–Kier alpha value is -1.43. The fraction of sp³-hybridized carbons (Fsp3) is 0.250. The maximum absolute atomic E-state index is 13.0. The van der Waals surface area contributed by atoms with Crippen LogP contribution in [0.3, 0.4) is 0 Å². The Bertz CT molecular complexity index is 775. The van der Waals surface area contributed by atoms with Gasteiger partial charge in [-0.25, -0.2) is 12.8 Å². The summed E-state index contributed by atoms with van der Waals surface area (Å²) < 4.78 is 38.5. The van der Waals surface area contributed by atoms with Gasteiger partial charge in [-0.05, 0) is 54.4 Å². The van der Waals surface area contributed by atoms with Gasteiger partial charge in [0.05, 0.1) is 10.1 Å². The van der Waals surface area contributed by atoms with E-state index in [9.17, 15) is 12.8 Å². The zero-order chi connectivity index (χ0) is 15.9. The van der Waals surface area contributed by atoms with E-state index < -0.39 is 15.1 Å². The molecule has 0 aromatic heterocycles. The highest BCUT2D eigenvalue weighted by Gasteiger charge is 2.57. The second kappa shape index (κ2) is 5.65. The summed E-state index contributed by atoms with van der Waals surface area (Å²) >= 11 is 5.80. The van der Waals surface area contributed by atoms with Gasteiger partial charge in [0, 0.05) is 10.9 Å². The van der Waals surface area contributed by atoms with Crippen LogP contribution in [0.1, 0.15) is 11.5 Å². The number of halogens is 2. The van der Waals surface area contributed by atoms with Crippen molar-refractivity contribution in [3.8, 4) is 0 Å². The van der Waals surface area contributed by atoms with Crippen molar-refractivity contribution in [2.75, 3.05) is 6.54 Å². The van der Waals surface area contributed by atoms with Crippen LogP contribution in [0, 0.1) is 11.7 Å².